The van der Waals surface area contributed by atoms with E-state index in [-0.39, 0.29) is 19.0 Å². The summed E-state index contributed by atoms with van der Waals surface area (Å²) in [5.74, 6) is 0.0961. The van der Waals surface area contributed by atoms with Gasteiger partial charge in [-0.05, 0) is 58.4 Å². The first-order valence-electron chi connectivity index (χ1n) is 10.1. The highest BCUT2D eigenvalue weighted by atomic mass is 16.6. The summed E-state index contributed by atoms with van der Waals surface area (Å²) in [7, 11) is 0. The lowest BCUT2D eigenvalue weighted by Gasteiger charge is -2.29. The zero-order valence-corrected chi connectivity index (χ0v) is 18.1. The third-order valence-corrected chi connectivity index (χ3v) is 4.82. The number of carbonyl (C=O) groups is 2. The van der Waals surface area contributed by atoms with Crippen molar-refractivity contribution in [1.82, 2.24) is 0 Å². The van der Waals surface area contributed by atoms with Crippen LogP contribution in [0.4, 0.5) is 16.2 Å². The molecule has 0 bridgehead atoms. The normalized spacial score (nSPS) is 19.5. The van der Waals surface area contributed by atoms with Crippen LogP contribution in [0.5, 0.6) is 0 Å². The third-order valence-electron chi connectivity index (χ3n) is 4.82. The molecule has 0 radical (unpaired) electrons. The molecule has 0 saturated heterocycles. The summed E-state index contributed by atoms with van der Waals surface area (Å²) in [4.78, 5) is 32.0. The van der Waals surface area contributed by atoms with Gasteiger partial charge in [0, 0.05) is 0 Å². The van der Waals surface area contributed by atoms with Gasteiger partial charge in [0.2, 0.25) is 0 Å². The third kappa shape index (κ3) is 4.37. The Kier molecular flexibility index (Phi) is 5.97. The molecule has 2 aromatic rings. The summed E-state index contributed by atoms with van der Waals surface area (Å²) in [6, 6.07) is 16.9. The number of hydrogen-bond acceptors (Lipinski definition) is 5. The van der Waals surface area contributed by atoms with Gasteiger partial charge in [-0.3, -0.25) is 4.79 Å². The summed E-state index contributed by atoms with van der Waals surface area (Å²) in [6.45, 7) is 9.43. The topological polar surface area (TPSA) is 68.2 Å². The van der Waals surface area contributed by atoms with Crippen molar-refractivity contribution >= 4 is 29.3 Å². The molecule has 2 aromatic carbocycles. The number of carbonyl (C=O) groups excluding carboxylic acids is 2. The lowest BCUT2D eigenvalue weighted by Crippen LogP contribution is -2.45. The molecule has 1 unspecified atom stereocenters. The SMILES string of the molecule is CCOC(=O)CC1(C)C(=Nc2ccccc2)N(C(=O)OC(C)(C)C)c2ccccc21. The van der Waals surface area contributed by atoms with Gasteiger partial charge in [0.25, 0.3) is 0 Å². The van der Waals surface area contributed by atoms with Crippen molar-refractivity contribution in [3.63, 3.8) is 0 Å². The second-order valence-electron chi connectivity index (χ2n) is 8.42. The predicted octanol–water partition coefficient (Wildman–Crippen LogP) is 5.38. The van der Waals surface area contributed by atoms with E-state index in [0.29, 0.717) is 17.2 Å². The molecule has 0 spiro atoms. The minimum absolute atomic E-state index is 0.0584. The lowest BCUT2D eigenvalue weighted by atomic mass is 9.80. The van der Waals surface area contributed by atoms with Crippen molar-refractivity contribution < 1.29 is 19.1 Å². The number of amides is 1. The Hall–Kier alpha value is -3.15. The quantitative estimate of drug-likeness (QED) is 0.637. The van der Waals surface area contributed by atoms with Crippen molar-refractivity contribution in [3.8, 4) is 0 Å². The Bertz CT molecular complexity index is 963. The molecule has 0 aromatic heterocycles. The second kappa shape index (κ2) is 8.30. The number of fused-ring (bicyclic) bond motifs is 1. The first-order chi connectivity index (χ1) is 14.2. The Morgan fingerprint density at radius 3 is 2.30 bits per heavy atom. The highest BCUT2D eigenvalue weighted by Crippen LogP contribution is 2.46. The first kappa shape index (κ1) is 21.6. The fourth-order valence-corrected chi connectivity index (χ4v) is 3.58. The van der Waals surface area contributed by atoms with Gasteiger partial charge < -0.3 is 9.47 Å². The van der Waals surface area contributed by atoms with Crippen molar-refractivity contribution in [2.24, 2.45) is 4.99 Å². The summed E-state index contributed by atoms with van der Waals surface area (Å²) < 4.78 is 10.9. The molecule has 1 atom stereocenters. The molecule has 1 amide bonds. The summed E-state index contributed by atoms with van der Waals surface area (Å²) in [5, 5.41) is 0. The molecule has 158 valence electrons. The number of hydrogen-bond donors (Lipinski definition) is 0. The van der Waals surface area contributed by atoms with E-state index in [2.05, 4.69) is 0 Å². The maximum Gasteiger partial charge on any atom is 0.420 e. The Morgan fingerprint density at radius 2 is 1.67 bits per heavy atom. The Labute approximate surface area is 177 Å². The van der Waals surface area contributed by atoms with Gasteiger partial charge in [-0.15, -0.1) is 0 Å². The van der Waals surface area contributed by atoms with Crippen LogP contribution in [-0.2, 0) is 19.7 Å². The van der Waals surface area contributed by atoms with E-state index >= 15 is 0 Å². The minimum Gasteiger partial charge on any atom is -0.466 e. The molecule has 1 heterocycles. The molecule has 30 heavy (non-hydrogen) atoms. The maximum absolute atomic E-state index is 13.2. The van der Waals surface area contributed by atoms with Gasteiger partial charge in [0.1, 0.15) is 11.4 Å². The molecule has 0 aliphatic carbocycles. The number of nitrogens with zero attached hydrogens (tertiary/aromatic N) is 2. The first-order valence-corrected chi connectivity index (χ1v) is 10.1. The summed E-state index contributed by atoms with van der Waals surface area (Å²) in [6.07, 6.45) is -0.472. The van der Waals surface area contributed by atoms with E-state index in [1.54, 1.807) is 6.92 Å². The zero-order chi connectivity index (χ0) is 21.9. The van der Waals surface area contributed by atoms with Gasteiger partial charge in [-0.1, -0.05) is 36.4 Å². The second-order valence-corrected chi connectivity index (χ2v) is 8.42. The van der Waals surface area contributed by atoms with E-state index in [1.807, 2.05) is 82.3 Å². The number of ether oxygens (including phenoxy) is 2. The van der Waals surface area contributed by atoms with Crippen LogP contribution in [0.25, 0.3) is 0 Å². The maximum atomic E-state index is 13.2. The molecule has 3 rings (SSSR count). The molecular weight excluding hydrogens is 380 g/mol. The number of benzene rings is 2. The van der Waals surface area contributed by atoms with Crippen LogP contribution in [0.15, 0.2) is 59.6 Å². The number of esters is 1. The van der Waals surface area contributed by atoms with E-state index in [4.69, 9.17) is 14.5 Å². The lowest BCUT2D eigenvalue weighted by molar-refractivity contribution is -0.143. The van der Waals surface area contributed by atoms with Crippen LogP contribution in [0.2, 0.25) is 0 Å². The van der Waals surface area contributed by atoms with Crippen molar-refractivity contribution in [2.75, 3.05) is 11.5 Å². The number of para-hydroxylation sites is 2. The Balaban J connectivity index is 2.18. The predicted molar refractivity (Wildman–Crippen MR) is 117 cm³/mol. The van der Waals surface area contributed by atoms with Gasteiger partial charge in [-0.25, -0.2) is 14.7 Å². The summed E-state index contributed by atoms with van der Waals surface area (Å²) in [5.41, 5.74) is 0.648. The van der Waals surface area contributed by atoms with Gasteiger partial charge >= 0.3 is 12.1 Å². The summed E-state index contributed by atoms with van der Waals surface area (Å²) >= 11 is 0. The average Bonchev–Trinajstić information content (AvgIpc) is 2.90. The molecule has 1 aliphatic heterocycles. The fraction of sp³-hybridized carbons (Fsp3) is 0.375. The molecular formula is C24H28N2O4. The Morgan fingerprint density at radius 1 is 1.03 bits per heavy atom. The molecule has 0 fully saturated rings. The smallest absolute Gasteiger partial charge is 0.420 e. The van der Waals surface area contributed by atoms with Gasteiger partial charge in [0.05, 0.1) is 29.8 Å². The monoisotopic (exact) mass is 408 g/mol. The molecule has 6 heteroatoms. The molecule has 0 saturated carbocycles. The standard InChI is InChI=1S/C24H28N2O4/c1-6-29-20(27)16-24(5)18-14-10-11-15-19(18)26(22(28)30-23(2,3)4)21(24)25-17-12-8-7-9-13-17/h7-15H,6,16H2,1-5H3. The highest BCUT2D eigenvalue weighted by molar-refractivity contribution is 6.24. The number of anilines is 1. The van der Waals surface area contributed by atoms with Gasteiger partial charge in [0.15, 0.2) is 0 Å². The molecule has 1 aliphatic rings. The van der Waals surface area contributed by atoms with Crippen LogP contribution in [-0.4, -0.2) is 30.1 Å². The van der Waals surface area contributed by atoms with Gasteiger partial charge in [-0.2, -0.15) is 0 Å². The van der Waals surface area contributed by atoms with Crippen LogP contribution < -0.4 is 4.90 Å². The molecule has 6 nitrogen and oxygen atoms in total. The van der Waals surface area contributed by atoms with E-state index in [0.717, 1.165) is 5.56 Å². The largest absolute Gasteiger partial charge is 0.466 e. The van der Waals surface area contributed by atoms with Crippen molar-refractivity contribution in [3.05, 3.63) is 60.2 Å². The van der Waals surface area contributed by atoms with Crippen LogP contribution in [0.1, 0.15) is 46.6 Å². The van der Waals surface area contributed by atoms with E-state index in [1.165, 1.54) is 4.90 Å². The highest BCUT2D eigenvalue weighted by Gasteiger charge is 2.50. The molecule has 0 N–H and O–H groups in total. The van der Waals surface area contributed by atoms with Crippen molar-refractivity contribution in [2.45, 2.75) is 52.1 Å². The van der Waals surface area contributed by atoms with E-state index < -0.39 is 17.1 Å². The average molecular weight is 408 g/mol. The van der Waals surface area contributed by atoms with Crippen molar-refractivity contribution in [1.29, 1.82) is 0 Å². The number of rotatable bonds is 4. The fourth-order valence-electron chi connectivity index (χ4n) is 3.58. The zero-order valence-electron chi connectivity index (χ0n) is 18.1. The minimum atomic E-state index is -0.852. The van der Waals surface area contributed by atoms with Crippen LogP contribution in [0.3, 0.4) is 0 Å². The van der Waals surface area contributed by atoms with E-state index in [9.17, 15) is 9.59 Å². The number of aliphatic imine (C=N–C) groups is 1. The van der Waals surface area contributed by atoms with Crippen LogP contribution >= 0.6 is 0 Å². The van der Waals surface area contributed by atoms with Crippen LogP contribution in [0, 0.1) is 0 Å². The number of amidine groups is 1.